The molecule has 0 spiro atoms. The number of hydrogen-bond donors (Lipinski definition) is 1. The molecule has 0 atom stereocenters. The van der Waals surface area contributed by atoms with E-state index in [-0.39, 0.29) is 16.6 Å². The highest BCUT2D eigenvalue weighted by Gasteiger charge is 2.20. The Morgan fingerprint density at radius 2 is 2.04 bits per heavy atom. The van der Waals surface area contributed by atoms with Crippen LogP contribution in [0.25, 0.3) is 21.9 Å². The Labute approximate surface area is 147 Å². The van der Waals surface area contributed by atoms with Crippen LogP contribution in [0.1, 0.15) is 5.69 Å². The second-order valence-electron chi connectivity index (χ2n) is 5.54. The van der Waals surface area contributed by atoms with E-state index in [1.165, 1.54) is 31.4 Å². The number of nitrogens with zero attached hydrogens (tertiary/aromatic N) is 2. The number of benzene rings is 2. The molecule has 6 nitrogen and oxygen atoms in total. The van der Waals surface area contributed by atoms with E-state index >= 15 is 0 Å². The Morgan fingerprint density at radius 1 is 1.27 bits per heavy atom. The normalized spacial score (nSPS) is 10.5. The van der Waals surface area contributed by atoms with Gasteiger partial charge < -0.3 is 9.84 Å². The lowest BCUT2D eigenvalue weighted by molar-refractivity contribution is -0.137. The first-order valence-corrected chi connectivity index (χ1v) is 7.58. The summed E-state index contributed by atoms with van der Waals surface area (Å²) in [5, 5.41) is 19.3. The van der Waals surface area contributed by atoms with Crippen molar-refractivity contribution in [2.75, 3.05) is 7.11 Å². The molecule has 130 valence electrons. The largest absolute Gasteiger partial charge is 0.497 e. The van der Waals surface area contributed by atoms with Gasteiger partial charge in [-0.05, 0) is 35.9 Å². The monoisotopic (exact) mass is 352 g/mol. The van der Waals surface area contributed by atoms with Gasteiger partial charge in [-0.25, -0.2) is 4.39 Å². The second-order valence-corrected chi connectivity index (χ2v) is 5.54. The number of aromatic nitrogens is 1. The van der Waals surface area contributed by atoms with Crippen LogP contribution in [-0.4, -0.2) is 22.8 Å². The third-order valence-electron chi connectivity index (χ3n) is 3.99. The highest BCUT2D eigenvalue weighted by Crippen LogP contribution is 2.33. The van der Waals surface area contributed by atoms with Gasteiger partial charge in [-0.3, -0.25) is 14.2 Å². The van der Waals surface area contributed by atoms with E-state index < -0.39 is 23.9 Å². The van der Waals surface area contributed by atoms with Crippen molar-refractivity contribution in [3.05, 3.63) is 64.3 Å². The lowest BCUT2D eigenvalue weighted by Gasteiger charge is -2.15. The molecule has 0 aliphatic rings. The van der Waals surface area contributed by atoms with Crippen LogP contribution < -0.4 is 10.3 Å². The zero-order chi connectivity index (χ0) is 18.8. The summed E-state index contributed by atoms with van der Waals surface area (Å²) in [6.45, 7) is -0.675. The number of carboxylic acids is 1. The van der Waals surface area contributed by atoms with Gasteiger partial charge in [0.15, 0.2) is 0 Å². The van der Waals surface area contributed by atoms with Crippen molar-refractivity contribution >= 4 is 16.7 Å². The summed E-state index contributed by atoms with van der Waals surface area (Å²) < 4.78 is 19.8. The number of carboxylic acid groups (broad SMARTS) is 1. The van der Waals surface area contributed by atoms with Crippen LogP contribution in [0.5, 0.6) is 5.75 Å². The molecular formula is C19H13FN2O4. The maximum Gasteiger partial charge on any atom is 0.323 e. The fourth-order valence-corrected chi connectivity index (χ4v) is 2.89. The smallest absolute Gasteiger partial charge is 0.323 e. The number of nitriles is 1. The van der Waals surface area contributed by atoms with Crippen LogP contribution in [0.15, 0.2) is 47.3 Å². The Bertz CT molecular complexity index is 1130. The van der Waals surface area contributed by atoms with Gasteiger partial charge in [-0.2, -0.15) is 5.26 Å². The van der Waals surface area contributed by atoms with E-state index in [0.717, 1.165) is 4.57 Å². The molecule has 0 saturated heterocycles. The van der Waals surface area contributed by atoms with Crippen molar-refractivity contribution in [1.29, 1.82) is 5.26 Å². The molecule has 0 aliphatic heterocycles. The SMILES string of the molecule is COc1ccc2c(=O)n(CC(=O)O)c(C#N)c(-c3cccc(F)c3)c2c1. The first kappa shape index (κ1) is 17.2. The van der Waals surface area contributed by atoms with Gasteiger partial charge in [0.25, 0.3) is 5.56 Å². The van der Waals surface area contributed by atoms with E-state index in [2.05, 4.69) is 0 Å². The van der Waals surface area contributed by atoms with Crippen molar-refractivity contribution in [2.45, 2.75) is 6.54 Å². The number of pyridine rings is 1. The number of ether oxygens (including phenoxy) is 1. The van der Waals surface area contributed by atoms with E-state index in [9.17, 15) is 19.2 Å². The first-order chi connectivity index (χ1) is 12.5. The summed E-state index contributed by atoms with van der Waals surface area (Å²) in [5.41, 5.74) is -0.119. The molecule has 1 heterocycles. The molecule has 26 heavy (non-hydrogen) atoms. The van der Waals surface area contributed by atoms with Crippen LogP contribution in [-0.2, 0) is 11.3 Å². The van der Waals surface area contributed by atoms with E-state index in [4.69, 9.17) is 9.84 Å². The van der Waals surface area contributed by atoms with Crippen molar-refractivity contribution in [3.63, 3.8) is 0 Å². The average Bonchev–Trinajstić information content (AvgIpc) is 2.62. The molecule has 0 fully saturated rings. The van der Waals surface area contributed by atoms with Crippen LogP contribution in [0.4, 0.5) is 4.39 Å². The van der Waals surface area contributed by atoms with Gasteiger partial charge in [0, 0.05) is 16.3 Å². The minimum Gasteiger partial charge on any atom is -0.497 e. The molecule has 0 amide bonds. The third kappa shape index (κ3) is 2.89. The fraction of sp³-hybridized carbons (Fsp3) is 0.105. The molecule has 1 aromatic heterocycles. The quantitative estimate of drug-likeness (QED) is 0.779. The molecule has 3 rings (SSSR count). The van der Waals surface area contributed by atoms with Crippen molar-refractivity contribution in [1.82, 2.24) is 4.57 Å². The zero-order valence-electron chi connectivity index (χ0n) is 13.7. The molecule has 0 bridgehead atoms. The molecule has 3 aromatic rings. The number of aliphatic carboxylic acids is 1. The average molecular weight is 352 g/mol. The number of methoxy groups -OCH3 is 1. The predicted molar refractivity (Wildman–Crippen MR) is 92.5 cm³/mol. The Morgan fingerprint density at radius 3 is 2.65 bits per heavy atom. The van der Waals surface area contributed by atoms with Crippen LogP contribution in [0.3, 0.4) is 0 Å². The zero-order valence-corrected chi connectivity index (χ0v) is 13.7. The maximum absolute atomic E-state index is 13.8. The molecule has 2 aromatic carbocycles. The maximum atomic E-state index is 13.8. The number of fused-ring (bicyclic) bond motifs is 1. The minimum absolute atomic E-state index is 0.149. The number of rotatable bonds is 4. The van der Waals surface area contributed by atoms with E-state index in [1.54, 1.807) is 18.2 Å². The summed E-state index contributed by atoms with van der Waals surface area (Å²) in [7, 11) is 1.46. The molecular weight excluding hydrogens is 339 g/mol. The number of carbonyl (C=O) groups is 1. The number of halogens is 1. The van der Waals surface area contributed by atoms with Gasteiger partial charge in [0.1, 0.15) is 29.9 Å². The van der Waals surface area contributed by atoms with Crippen LogP contribution >= 0.6 is 0 Å². The molecule has 0 unspecified atom stereocenters. The van der Waals surface area contributed by atoms with Crippen molar-refractivity contribution < 1.29 is 19.0 Å². The molecule has 7 heteroatoms. The lowest BCUT2D eigenvalue weighted by atomic mass is 9.96. The Kier molecular flexibility index (Phi) is 4.42. The standard InChI is InChI=1S/C19H13FN2O4/c1-26-13-5-6-14-15(8-13)18(11-3-2-4-12(20)7-11)16(9-21)22(19(14)25)10-17(23)24/h2-8H,10H2,1H3,(H,23,24). The van der Waals surface area contributed by atoms with Gasteiger partial charge >= 0.3 is 5.97 Å². The first-order valence-electron chi connectivity index (χ1n) is 7.58. The highest BCUT2D eigenvalue weighted by atomic mass is 19.1. The second kappa shape index (κ2) is 6.69. The lowest BCUT2D eigenvalue weighted by Crippen LogP contribution is -2.27. The summed E-state index contributed by atoms with van der Waals surface area (Å²) in [6.07, 6.45) is 0. The van der Waals surface area contributed by atoms with Gasteiger partial charge in [-0.15, -0.1) is 0 Å². The van der Waals surface area contributed by atoms with Gasteiger partial charge in [-0.1, -0.05) is 12.1 Å². The highest BCUT2D eigenvalue weighted by molar-refractivity contribution is 5.99. The van der Waals surface area contributed by atoms with Crippen LogP contribution in [0.2, 0.25) is 0 Å². The summed E-state index contributed by atoms with van der Waals surface area (Å²) in [5.74, 6) is -1.32. The molecule has 0 saturated carbocycles. The fourth-order valence-electron chi connectivity index (χ4n) is 2.89. The Hall–Kier alpha value is -3.66. The molecule has 0 aliphatic carbocycles. The van der Waals surface area contributed by atoms with Crippen molar-refractivity contribution in [2.24, 2.45) is 0 Å². The van der Waals surface area contributed by atoms with Crippen molar-refractivity contribution in [3.8, 4) is 22.9 Å². The van der Waals surface area contributed by atoms with Gasteiger partial charge in [0.2, 0.25) is 0 Å². The predicted octanol–water partition coefficient (Wildman–Crippen LogP) is 2.77. The topological polar surface area (TPSA) is 92.3 Å². The minimum atomic E-state index is -1.26. The summed E-state index contributed by atoms with van der Waals surface area (Å²) >= 11 is 0. The van der Waals surface area contributed by atoms with Gasteiger partial charge in [0.05, 0.1) is 7.11 Å². The third-order valence-corrected chi connectivity index (χ3v) is 3.99. The molecule has 1 N–H and O–H groups in total. The number of hydrogen-bond acceptors (Lipinski definition) is 4. The molecule has 0 radical (unpaired) electrons. The van der Waals surface area contributed by atoms with Crippen LogP contribution in [0, 0.1) is 17.1 Å². The van der Waals surface area contributed by atoms with E-state index in [0.29, 0.717) is 16.7 Å². The van der Waals surface area contributed by atoms with E-state index in [1.807, 2.05) is 6.07 Å². The Balaban J connectivity index is 2.53. The summed E-state index contributed by atoms with van der Waals surface area (Å²) in [6, 6.07) is 12.1. The summed E-state index contributed by atoms with van der Waals surface area (Å²) in [4.78, 5) is 23.9.